The Hall–Kier alpha value is -1.32. The van der Waals surface area contributed by atoms with Gasteiger partial charge in [-0.15, -0.1) is 0 Å². The molecule has 1 aromatic heterocycles. The van der Waals surface area contributed by atoms with E-state index in [1.807, 2.05) is 13.0 Å². The van der Waals surface area contributed by atoms with Gasteiger partial charge in [0.2, 0.25) is 11.8 Å². The van der Waals surface area contributed by atoms with Gasteiger partial charge in [0, 0.05) is 18.3 Å². The molecule has 20 heavy (non-hydrogen) atoms. The van der Waals surface area contributed by atoms with Crippen LogP contribution in [0.15, 0.2) is 6.07 Å². The largest absolute Gasteiger partial charge is 0.478 e. The summed E-state index contributed by atoms with van der Waals surface area (Å²) in [6, 6.07) is 1.89. The highest BCUT2D eigenvalue weighted by Crippen LogP contribution is 2.28. The maximum Gasteiger partial charge on any atom is 0.226 e. The molecule has 0 aromatic carbocycles. The second-order valence-electron chi connectivity index (χ2n) is 6.04. The quantitative estimate of drug-likeness (QED) is 0.859. The summed E-state index contributed by atoms with van der Waals surface area (Å²) in [5.74, 6) is 2.99. The van der Waals surface area contributed by atoms with Crippen molar-refractivity contribution in [3.05, 3.63) is 11.8 Å². The maximum absolute atomic E-state index is 5.59. The van der Waals surface area contributed by atoms with Crippen LogP contribution >= 0.6 is 0 Å². The smallest absolute Gasteiger partial charge is 0.226 e. The topological polar surface area (TPSA) is 47.0 Å². The first-order chi connectivity index (χ1) is 9.67. The van der Waals surface area contributed by atoms with E-state index in [0.717, 1.165) is 30.5 Å². The van der Waals surface area contributed by atoms with E-state index in [0.29, 0.717) is 18.4 Å². The van der Waals surface area contributed by atoms with Crippen LogP contribution in [0.25, 0.3) is 0 Å². The standard InChI is InChI=1S/C16H27N3O/c1-4-8-20-15-10-13(3)18-16(19-15)17-11-14-7-5-6-12(2)9-14/h10,12,14H,4-9,11H2,1-3H3,(H,17,18,19). The third-order valence-corrected chi connectivity index (χ3v) is 3.88. The third-order valence-electron chi connectivity index (χ3n) is 3.88. The molecule has 1 heterocycles. The molecule has 1 N–H and O–H groups in total. The molecule has 4 nitrogen and oxygen atoms in total. The van der Waals surface area contributed by atoms with Crippen LogP contribution in [0.3, 0.4) is 0 Å². The Morgan fingerprint density at radius 2 is 2.20 bits per heavy atom. The van der Waals surface area contributed by atoms with Crippen molar-refractivity contribution in [3.63, 3.8) is 0 Å². The molecule has 1 aliphatic rings. The SMILES string of the molecule is CCCOc1cc(C)nc(NCC2CCCC(C)C2)n1. The highest BCUT2D eigenvalue weighted by Gasteiger charge is 2.18. The summed E-state index contributed by atoms with van der Waals surface area (Å²) in [4.78, 5) is 8.87. The van der Waals surface area contributed by atoms with Gasteiger partial charge in [0.15, 0.2) is 0 Å². The van der Waals surface area contributed by atoms with Crippen molar-refractivity contribution >= 4 is 5.95 Å². The summed E-state index contributed by atoms with van der Waals surface area (Å²) in [6.07, 6.45) is 6.37. The van der Waals surface area contributed by atoms with Crippen LogP contribution in [-0.4, -0.2) is 23.1 Å². The van der Waals surface area contributed by atoms with Gasteiger partial charge in [-0.05, 0) is 38.0 Å². The molecule has 0 aliphatic heterocycles. The summed E-state index contributed by atoms with van der Waals surface area (Å²) in [5.41, 5.74) is 0.950. The molecule has 1 fully saturated rings. The molecule has 0 bridgehead atoms. The van der Waals surface area contributed by atoms with Crippen LogP contribution in [-0.2, 0) is 0 Å². The Morgan fingerprint density at radius 3 is 2.95 bits per heavy atom. The van der Waals surface area contributed by atoms with Crippen molar-refractivity contribution in [1.82, 2.24) is 9.97 Å². The number of anilines is 1. The van der Waals surface area contributed by atoms with Gasteiger partial charge in [0.25, 0.3) is 0 Å². The molecule has 0 spiro atoms. The number of rotatable bonds is 6. The molecule has 112 valence electrons. The van der Waals surface area contributed by atoms with E-state index in [-0.39, 0.29) is 0 Å². The molecule has 2 rings (SSSR count). The minimum Gasteiger partial charge on any atom is -0.478 e. The van der Waals surface area contributed by atoms with E-state index in [4.69, 9.17) is 4.74 Å². The summed E-state index contributed by atoms with van der Waals surface area (Å²) >= 11 is 0. The number of aryl methyl sites for hydroxylation is 1. The molecule has 0 saturated heterocycles. The summed E-state index contributed by atoms with van der Waals surface area (Å²) in [6.45, 7) is 8.11. The highest BCUT2D eigenvalue weighted by molar-refractivity contribution is 5.30. The molecule has 0 radical (unpaired) electrons. The predicted molar refractivity (Wildman–Crippen MR) is 82.2 cm³/mol. The minimum atomic E-state index is 0.680. The summed E-state index contributed by atoms with van der Waals surface area (Å²) in [7, 11) is 0. The van der Waals surface area contributed by atoms with E-state index in [2.05, 4.69) is 29.1 Å². The second-order valence-corrected chi connectivity index (χ2v) is 6.04. The number of nitrogens with zero attached hydrogens (tertiary/aromatic N) is 2. The lowest BCUT2D eigenvalue weighted by molar-refractivity contribution is 0.292. The van der Waals surface area contributed by atoms with Gasteiger partial charge in [-0.2, -0.15) is 4.98 Å². The van der Waals surface area contributed by atoms with Crippen molar-refractivity contribution in [2.75, 3.05) is 18.5 Å². The molecular formula is C16H27N3O. The minimum absolute atomic E-state index is 0.680. The average molecular weight is 277 g/mol. The fourth-order valence-electron chi connectivity index (χ4n) is 2.88. The zero-order chi connectivity index (χ0) is 14.4. The molecule has 2 unspecified atom stereocenters. The molecule has 1 aromatic rings. The van der Waals surface area contributed by atoms with Crippen LogP contribution < -0.4 is 10.1 Å². The van der Waals surface area contributed by atoms with Crippen molar-refractivity contribution in [2.24, 2.45) is 11.8 Å². The van der Waals surface area contributed by atoms with E-state index < -0.39 is 0 Å². The predicted octanol–water partition coefficient (Wildman–Crippen LogP) is 3.81. The molecule has 4 heteroatoms. The fraction of sp³-hybridized carbons (Fsp3) is 0.750. The Balaban J connectivity index is 1.89. The zero-order valence-electron chi connectivity index (χ0n) is 13.0. The van der Waals surface area contributed by atoms with Crippen molar-refractivity contribution < 1.29 is 4.74 Å². The van der Waals surface area contributed by atoms with Gasteiger partial charge < -0.3 is 10.1 Å². The first-order valence-electron chi connectivity index (χ1n) is 7.89. The van der Waals surface area contributed by atoms with Crippen LogP contribution in [0.4, 0.5) is 5.95 Å². The maximum atomic E-state index is 5.59. The van der Waals surface area contributed by atoms with Gasteiger partial charge >= 0.3 is 0 Å². The van der Waals surface area contributed by atoms with Crippen molar-refractivity contribution in [3.8, 4) is 5.88 Å². The third kappa shape index (κ3) is 4.66. The Labute approximate surface area is 122 Å². The van der Waals surface area contributed by atoms with Gasteiger partial charge in [0.1, 0.15) is 0 Å². The lowest BCUT2D eigenvalue weighted by Gasteiger charge is -2.26. The van der Waals surface area contributed by atoms with Crippen molar-refractivity contribution in [2.45, 2.75) is 52.9 Å². The summed E-state index contributed by atoms with van der Waals surface area (Å²) in [5, 5.41) is 3.39. The lowest BCUT2D eigenvalue weighted by Crippen LogP contribution is -2.22. The number of hydrogen-bond donors (Lipinski definition) is 1. The normalized spacial score (nSPS) is 22.6. The number of nitrogens with one attached hydrogen (secondary N) is 1. The molecule has 0 amide bonds. The Kier molecular flexibility index (Phi) is 5.62. The Bertz CT molecular complexity index is 422. The highest BCUT2D eigenvalue weighted by atomic mass is 16.5. The first kappa shape index (κ1) is 15.1. The van der Waals surface area contributed by atoms with Crippen molar-refractivity contribution in [1.29, 1.82) is 0 Å². The van der Waals surface area contributed by atoms with E-state index >= 15 is 0 Å². The first-order valence-corrected chi connectivity index (χ1v) is 7.89. The molecule has 2 atom stereocenters. The fourth-order valence-corrected chi connectivity index (χ4v) is 2.88. The average Bonchev–Trinajstić information content (AvgIpc) is 2.42. The molecule has 1 saturated carbocycles. The Morgan fingerprint density at radius 1 is 1.35 bits per heavy atom. The van der Waals surface area contributed by atoms with Gasteiger partial charge in [0.05, 0.1) is 6.61 Å². The number of aromatic nitrogens is 2. The lowest BCUT2D eigenvalue weighted by atomic mass is 9.82. The van der Waals surface area contributed by atoms with Gasteiger partial charge in [-0.3, -0.25) is 0 Å². The summed E-state index contributed by atoms with van der Waals surface area (Å²) < 4.78 is 5.59. The van der Waals surface area contributed by atoms with Crippen LogP contribution in [0.2, 0.25) is 0 Å². The van der Waals surface area contributed by atoms with Gasteiger partial charge in [-0.25, -0.2) is 4.98 Å². The van der Waals surface area contributed by atoms with Crippen LogP contribution in [0.1, 0.15) is 51.6 Å². The number of hydrogen-bond acceptors (Lipinski definition) is 4. The van der Waals surface area contributed by atoms with Crippen LogP contribution in [0.5, 0.6) is 5.88 Å². The zero-order valence-corrected chi connectivity index (χ0v) is 13.0. The molecular weight excluding hydrogens is 250 g/mol. The number of ether oxygens (including phenoxy) is 1. The monoisotopic (exact) mass is 277 g/mol. The second kappa shape index (κ2) is 7.46. The van der Waals surface area contributed by atoms with E-state index in [1.54, 1.807) is 0 Å². The van der Waals surface area contributed by atoms with E-state index in [9.17, 15) is 0 Å². The van der Waals surface area contributed by atoms with Crippen LogP contribution in [0, 0.1) is 18.8 Å². The van der Waals surface area contributed by atoms with E-state index in [1.165, 1.54) is 25.7 Å². The molecule has 1 aliphatic carbocycles. The van der Waals surface area contributed by atoms with Gasteiger partial charge in [-0.1, -0.05) is 26.7 Å².